The maximum Gasteiger partial charge on any atom is 0.410 e. The molecule has 0 unspecified atom stereocenters. The van der Waals surface area contributed by atoms with Crippen LogP contribution in [0.15, 0.2) is 48.5 Å². The Morgan fingerprint density at radius 3 is 2.25 bits per heavy atom. The van der Waals surface area contributed by atoms with Crippen molar-refractivity contribution in [2.24, 2.45) is 0 Å². The minimum atomic E-state index is -0.932. The lowest BCUT2D eigenvalue weighted by Crippen LogP contribution is -2.38. The number of benzene rings is 2. The molecule has 2 aromatic rings. The predicted octanol–water partition coefficient (Wildman–Crippen LogP) is 3.50. The van der Waals surface area contributed by atoms with E-state index in [0.717, 1.165) is 11.1 Å². The summed E-state index contributed by atoms with van der Waals surface area (Å²) in [6.45, 7) is 0.575. The van der Waals surface area contributed by atoms with Gasteiger partial charge in [0.1, 0.15) is 6.61 Å². The van der Waals surface area contributed by atoms with Crippen LogP contribution in [0.3, 0.4) is 0 Å². The first-order valence-electron chi connectivity index (χ1n) is 9.44. The van der Waals surface area contributed by atoms with Crippen LogP contribution in [0.25, 0.3) is 11.1 Å². The van der Waals surface area contributed by atoms with Gasteiger partial charge in [-0.25, -0.2) is 4.79 Å². The van der Waals surface area contributed by atoms with E-state index in [1.807, 2.05) is 24.3 Å². The molecule has 0 aromatic heterocycles. The highest BCUT2D eigenvalue weighted by molar-refractivity contribution is 5.79. The SMILES string of the molecule is CO[C@@H]1C[C@@H](CC(=O)O)N(C(=O)OCC2c3ccccc3-c3ccccc32)C1. The van der Waals surface area contributed by atoms with Gasteiger partial charge in [0.15, 0.2) is 0 Å². The molecule has 146 valence electrons. The van der Waals surface area contributed by atoms with Gasteiger partial charge in [-0.2, -0.15) is 0 Å². The number of likely N-dealkylation sites (tertiary alicyclic amines) is 1. The number of fused-ring (bicyclic) bond motifs is 3. The third kappa shape index (κ3) is 3.36. The van der Waals surface area contributed by atoms with Crippen LogP contribution in [-0.2, 0) is 14.3 Å². The van der Waals surface area contributed by atoms with Gasteiger partial charge in [0, 0.05) is 19.1 Å². The largest absolute Gasteiger partial charge is 0.481 e. The molecule has 1 aliphatic carbocycles. The van der Waals surface area contributed by atoms with Gasteiger partial charge >= 0.3 is 12.1 Å². The summed E-state index contributed by atoms with van der Waals surface area (Å²) in [5.41, 5.74) is 4.64. The molecular formula is C22H23NO5. The number of rotatable bonds is 5. The summed E-state index contributed by atoms with van der Waals surface area (Å²) in [6, 6.07) is 15.9. The minimum absolute atomic E-state index is 0.0184. The summed E-state index contributed by atoms with van der Waals surface area (Å²) in [7, 11) is 1.57. The van der Waals surface area contributed by atoms with Crippen molar-refractivity contribution in [3.05, 3.63) is 59.7 Å². The van der Waals surface area contributed by atoms with Crippen molar-refractivity contribution in [1.29, 1.82) is 0 Å². The fourth-order valence-electron chi connectivity index (χ4n) is 4.34. The molecule has 1 N–H and O–H groups in total. The molecule has 28 heavy (non-hydrogen) atoms. The number of carbonyl (C=O) groups excluding carboxylic acids is 1. The average Bonchev–Trinajstić information content (AvgIpc) is 3.25. The first-order valence-corrected chi connectivity index (χ1v) is 9.44. The molecule has 2 atom stereocenters. The van der Waals surface area contributed by atoms with Crippen LogP contribution < -0.4 is 0 Å². The van der Waals surface area contributed by atoms with Gasteiger partial charge in [0.05, 0.1) is 19.1 Å². The molecule has 1 aliphatic heterocycles. The lowest BCUT2D eigenvalue weighted by molar-refractivity contribution is -0.138. The highest BCUT2D eigenvalue weighted by Gasteiger charge is 2.38. The van der Waals surface area contributed by atoms with Crippen molar-refractivity contribution in [3.63, 3.8) is 0 Å². The Labute approximate surface area is 163 Å². The second-order valence-electron chi connectivity index (χ2n) is 7.30. The van der Waals surface area contributed by atoms with Gasteiger partial charge in [-0.05, 0) is 28.7 Å². The van der Waals surface area contributed by atoms with E-state index in [1.165, 1.54) is 16.0 Å². The molecule has 1 fully saturated rings. The van der Waals surface area contributed by atoms with Crippen molar-refractivity contribution < 1.29 is 24.2 Å². The zero-order valence-electron chi connectivity index (χ0n) is 15.7. The molecular weight excluding hydrogens is 358 g/mol. The molecule has 0 saturated carbocycles. The van der Waals surface area contributed by atoms with E-state index in [-0.39, 0.29) is 25.0 Å². The van der Waals surface area contributed by atoms with Crippen LogP contribution in [0.5, 0.6) is 0 Å². The number of nitrogens with zero attached hydrogens (tertiary/aromatic N) is 1. The van der Waals surface area contributed by atoms with Gasteiger partial charge in [-0.15, -0.1) is 0 Å². The van der Waals surface area contributed by atoms with Crippen LogP contribution in [-0.4, -0.2) is 54.5 Å². The van der Waals surface area contributed by atoms with Crippen molar-refractivity contribution in [2.45, 2.75) is 30.9 Å². The molecule has 6 nitrogen and oxygen atoms in total. The van der Waals surface area contributed by atoms with E-state index in [4.69, 9.17) is 14.6 Å². The van der Waals surface area contributed by atoms with E-state index >= 15 is 0 Å². The molecule has 2 aromatic carbocycles. The van der Waals surface area contributed by atoms with E-state index in [2.05, 4.69) is 24.3 Å². The molecule has 6 heteroatoms. The maximum atomic E-state index is 12.7. The first kappa shape index (κ1) is 18.5. The summed E-state index contributed by atoms with van der Waals surface area (Å²) < 4.78 is 11.0. The van der Waals surface area contributed by atoms with Crippen LogP contribution in [0.4, 0.5) is 4.79 Å². The number of amides is 1. The lowest BCUT2D eigenvalue weighted by atomic mass is 9.98. The number of aliphatic carboxylic acids is 1. The van der Waals surface area contributed by atoms with Crippen molar-refractivity contribution in [1.82, 2.24) is 4.90 Å². The van der Waals surface area contributed by atoms with Crippen LogP contribution in [0, 0.1) is 0 Å². The fraction of sp³-hybridized carbons (Fsp3) is 0.364. The maximum absolute atomic E-state index is 12.7. The van der Waals surface area contributed by atoms with Gasteiger partial charge in [0.25, 0.3) is 0 Å². The average molecular weight is 381 g/mol. The number of ether oxygens (including phenoxy) is 2. The van der Waals surface area contributed by atoms with Crippen LogP contribution in [0.1, 0.15) is 29.9 Å². The van der Waals surface area contributed by atoms with E-state index in [1.54, 1.807) is 7.11 Å². The third-order valence-electron chi connectivity index (χ3n) is 5.69. The molecule has 2 aliphatic rings. The quantitative estimate of drug-likeness (QED) is 0.858. The van der Waals surface area contributed by atoms with Crippen molar-refractivity contribution in [3.8, 4) is 11.1 Å². The smallest absolute Gasteiger partial charge is 0.410 e. The standard InChI is InChI=1S/C22H23NO5/c1-27-15-10-14(11-21(24)25)23(12-15)22(26)28-13-20-18-8-4-2-6-16(18)17-7-3-5-9-19(17)20/h2-9,14-15,20H,10-13H2,1H3,(H,24,25)/t14-,15+/m0/s1. The Morgan fingerprint density at radius 1 is 1.07 bits per heavy atom. The summed E-state index contributed by atoms with van der Waals surface area (Å²) in [5.74, 6) is -0.951. The Hall–Kier alpha value is -2.86. The summed E-state index contributed by atoms with van der Waals surface area (Å²) in [5, 5.41) is 9.13. The normalized spacial score (nSPS) is 20.7. The highest BCUT2D eigenvalue weighted by atomic mass is 16.6. The highest BCUT2D eigenvalue weighted by Crippen LogP contribution is 2.44. The van der Waals surface area contributed by atoms with Gasteiger partial charge < -0.3 is 19.5 Å². The summed E-state index contributed by atoms with van der Waals surface area (Å²) >= 11 is 0. The van der Waals surface area contributed by atoms with Gasteiger partial charge in [0.2, 0.25) is 0 Å². The fourth-order valence-corrected chi connectivity index (χ4v) is 4.34. The Balaban J connectivity index is 1.50. The molecule has 4 rings (SSSR count). The molecule has 0 spiro atoms. The molecule has 0 bridgehead atoms. The predicted molar refractivity (Wildman–Crippen MR) is 103 cm³/mol. The number of carbonyl (C=O) groups is 2. The monoisotopic (exact) mass is 381 g/mol. The first-order chi connectivity index (χ1) is 13.6. The zero-order chi connectivity index (χ0) is 19.7. The minimum Gasteiger partial charge on any atom is -0.481 e. The van der Waals surface area contributed by atoms with Crippen molar-refractivity contribution >= 4 is 12.1 Å². The molecule has 1 amide bonds. The van der Waals surface area contributed by atoms with Gasteiger partial charge in [-0.3, -0.25) is 4.79 Å². The Kier molecular flexibility index (Phi) is 5.05. The van der Waals surface area contributed by atoms with E-state index in [0.29, 0.717) is 13.0 Å². The second-order valence-corrected chi connectivity index (χ2v) is 7.30. The van der Waals surface area contributed by atoms with E-state index < -0.39 is 18.1 Å². The molecule has 1 heterocycles. The number of methoxy groups -OCH3 is 1. The Bertz CT molecular complexity index is 851. The zero-order valence-corrected chi connectivity index (χ0v) is 15.7. The second kappa shape index (κ2) is 7.64. The topological polar surface area (TPSA) is 76.1 Å². The number of carboxylic acids is 1. The third-order valence-corrected chi connectivity index (χ3v) is 5.69. The van der Waals surface area contributed by atoms with Crippen LogP contribution >= 0.6 is 0 Å². The summed E-state index contributed by atoms with van der Waals surface area (Å²) in [6.07, 6.45) is -0.241. The molecule has 1 saturated heterocycles. The van der Waals surface area contributed by atoms with Crippen LogP contribution in [0.2, 0.25) is 0 Å². The van der Waals surface area contributed by atoms with E-state index in [9.17, 15) is 9.59 Å². The van der Waals surface area contributed by atoms with Gasteiger partial charge in [-0.1, -0.05) is 48.5 Å². The summed E-state index contributed by atoms with van der Waals surface area (Å²) in [4.78, 5) is 25.4. The lowest BCUT2D eigenvalue weighted by Gasteiger charge is -2.24. The number of hydrogen-bond donors (Lipinski definition) is 1. The van der Waals surface area contributed by atoms with Crippen molar-refractivity contribution in [2.75, 3.05) is 20.3 Å². The number of hydrogen-bond acceptors (Lipinski definition) is 4. The number of carboxylic acid groups (broad SMARTS) is 1. The Morgan fingerprint density at radius 2 is 1.68 bits per heavy atom. The molecule has 0 radical (unpaired) electrons.